The van der Waals surface area contributed by atoms with Gasteiger partial charge in [0, 0.05) is 11.1 Å². The molecular weight excluding hydrogens is 286 g/mol. The fraction of sp³-hybridized carbons (Fsp3) is 0.500. The van der Waals surface area contributed by atoms with E-state index in [4.69, 9.17) is 0 Å². The van der Waals surface area contributed by atoms with Crippen LogP contribution in [0.25, 0.3) is 5.69 Å². The van der Waals surface area contributed by atoms with Crippen LogP contribution in [0.3, 0.4) is 0 Å². The maximum absolute atomic E-state index is 10.9. The second-order valence-corrected chi connectivity index (χ2v) is 7.97. The molecule has 2 N–H and O–H groups in total. The number of hydrogen-bond acceptors (Lipinski definition) is 2. The average Bonchev–Trinajstić information content (AvgIpc) is 3.20. The third kappa shape index (κ3) is 1.42. The van der Waals surface area contributed by atoms with E-state index in [1.165, 1.54) is 36.8 Å². The normalized spacial score (nSPS) is 32.5. The van der Waals surface area contributed by atoms with Crippen molar-refractivity contribution >= 4 is 0 Å². The molecular formula is C20H21NO2. The van der Waals surface area contributed by atoms with Gasteiger partial charge in [0.05, 0.1) is 5.69 Å². The predicted molar refractivity (Wildman–Crippen MR) is 87.4 cm³/mol. The lowest BCUT2D eigenvalue weighted by atomic mass is 9.68. The fourth-order valence-corrected chi connectivity index (χ4v) is 5.92. The van der Waals surface area contributed by atoms with Crippen molar-refractivity contribution in [3.63, 3.8) is 0 Å². The Balaban J connectivity index is 1.57. The molecule has 0 aliphatic heterocycles. The number of aryl methyl sites for hydroxylation is 2. The SMILES string of the molecule is Oc1c2c(c(O)n1-c1ccc3c(c1)CCC3)[C@@H]1CC[C@H]2[C@H]2C[C@H]21. The summed E-state index contributed by atoms with van der Waals surface area (Å²) in [6, 6.07) is 6.38. The maximum Gasteiger partial charge on any atom is 0.202 e. The molecule has 5 aliphatic rings. The molecule has 2 aromatic rings. The van der Waals surface area contributed by atoms with Gasteiger partial charge in [0.15, 0.2) is 0 Å². The number of rotatable bonds is 1. The van der Waals surface area contributed by atoms with E-state index < -0.39 is 0 Å². The second-order valence-electron chi connectivity index (χ2n) is 7.97. The van der Waals surface area contributed by atoms with Crippen LogP contribution in [-0.2, 0) is 12.8 Å². The van der Waals surface area contributed by atoms with Crippen LogP contribution in [-0.4, -0.2) is 14.8 Å². The molecule has 1 aromatic carbocycles. The lowest BCUT2D eigenvalue weighted by Crippen LogP contribution is -2.22. The Bertz CT molecular complexity index is 810. The van der Waals surface area contributed by atoms with Crippen LogP contribution in [0, 0.1) is 11.8 Å². The van der Waals surface area contributed by atoms with Crippen LogP contribution in [0.5, 0.6) is 11.8 Å². The topological polar surface area (TPSA) is 45.4 Å². The van der Waals surface area contributed by atoms with Crippen molar-refractivity contribution in [2.75, 3.05) is 0 Å². The van der Waals surface area contributed by atoms with E-state index in [0.717, 1.165) is 41.5 Å². The third-order valence-electron chi connectivity index (χ3n) is 6.99. The third-order valence-corrected chi connectivity index (χ3v) is 6.99. The molecule has 2 bridgehead atoms. The number of aromatic nitrogens is 1. The first-order valence-corrected chi connectivity index (χ1v) is 9.02. The van der Waals surface area contributed by atoms with Crippen molar-refractivity contribution < 1.29 is 10.2 Å². The summed E-state index contributed by atoms with van der Waals surface area (Å²) in [5.74, 6) is 3.08. The Morgan fingerprint density at radius 1 is 0.870 bits per heavy atom. The van der Waals surface area contributed by atoms with Crippen LogP contribution in [0.4, 0.5) is 0 Å². The zero-order valence-corrected chi connectivity index (χ0v) is 13.1. The largest absolute Gasteiger partial charge is 0.494 e. The predicted octanol–water partition coefficient (Wildman–Crippen LogP) is 3.99. The first-order chi connectivity index (χ1) is 11.2. The van der Waals surface area contributed by atoms with Crippen LogP contribution >= 0.6 is 0 Å². The molecule has 5 aliphatic carbocycles. The fourth-order valence-electron chi connectivity index (χ4n) is 5.92. The lowest BCUT2D eigenvalue weighted by molar-refractivity contribution is 0.322. The highest BCUT2D eigenvalue weighted by Crippen LogP contribution is 2.70. The first-order valence-electron chi connectivity index (χ1n) is 9.02. The van der Waals surface area contributed by atoms with E-state index in [2.05, 4.69) is 18.2 Å². The van der Waals surface area contributed by atoms with E-state index >= 15 is 0 Å². The number of aromatic hydroxyl groups is 2. The summed E-state index contributed by atoms with van der Waals surface area (Å²) in [6.45, 7) is 0. The van der Waals surface area contributed by atoms with Crippen molar-refractivity contribution in [1.82, 2.24) is 4.57 Å². The monoisotopic (exact) mass is 307 g/mol. The molecule has 1 heterocycles. The van der Waals surface area contributed by atoms with Crippen LogP contribution in [0.2, 0.25) is 0 Å². The van der Waals surface area contributed by atoms with Crippen molar-refractivity contribution in [1.29, 1.82) is 0 Å². The molecule has 0 radical (unpaired) electrons. The Labute approximate surface area is 135 Å². The van der Waals surface area contributed by atoms with Gasteiger partial charge in [-0.3, -0.25) is 4.57 Å². The summed E-state index contributed by atoms with van der Waals surface area (Å²) in [5, 5.41) is 21.8. The number of nitrogens with zero attached hydrogens (tertiary/aromatic N) is 1. The van der Waals surface area contributed by atoms with Gasteiger partial charge in [0.2, 0.25) is 11.8 Å². The van der Waals surface area contributed by atoms with Gasteiger partial charge in [-0.15, -0.1) is 0 Å². The average molecular weight is 307 g/mol. The number of hydrogen-bond donors (Lipinski definition) is 2. The smallest absolute Gasteiger partial charge is 0.202 e. The lowest BCUT2D eigenvalue weighted by Gasteiger charge is -2.35. The molecule has 7 rings (SSSR count). The standard InChI is InChI=1S/C20H21NO2/c22-19-17-13-6-7-14(16-9-15(13)16)18(17)20(23)21(19)12-5-4-10-2-1-3-11(10)8-12/h4-5,8,13-16,22-23H,1-3,6-7,9H2/t13-,14+,15+,16-. The van der Waals surface area contributed by atoms with Gasteiger partial charge in [-0.05, 0) is 85.5 Å². The summed E-state index contributed by atoms with van der Waals surface area (Å²) in [6.07, 6.45) is 7.14. The van der Waals surface area contributed by atoms with Gasteiger partial charge in [0.25, 0.3) is 0 Å². The van der Waals surface area contributed by atoms with Crippen LogP contribution in [0.1, 0.15) is 59.8 Å². The van der Waals surface area contributed by atoms with Gasteiger partial charge >= 0.3 is 0 Å². The molecule has 0 unspecified atom stereocenters. The molecule has 2 saturated carbocycles. The number of fused-ring (bicyclic) bond motifs is 2. The molecule has 0 amide bonds. The van der Waals surface area contributed by atoms with E-state index in [9.17, 15) is 10.2 Å². The summed E-state index contributed by atoms with van der Waals surface area (Å²) in [5.41, 5.74) is 5.85. The Kier molecular flexibility index (Phi) is 2.15. The molecule has 3 heteroatoms. The van der Waals surface area contributed by atoms with E-state index in [0.29, 0.717) is 23.6 Å². The molecule has 23 heavy (non-hydrogen) atoms. The Hall–Kier alpha value is -1.90. The summed E-state index contributed by atoms with van der Waals surface area (Å²) >= 11 is 0. The first kappa shape index (κ1) is 12.5. The molecule has 118 valence electrons. The highest BCUT2D eigenvalue weighted by Gasteiger charge is 2.58. The van der Waals surface area contributed by atoms with Crippen LogP contribution in [0.15, 0.2) is 18.2 Å². The Morgan fingerprint density at radius 3 is 2.22 bits per heavy atom. The van der Waals surface area contributed by atoms with Gasteiger partial charge < -0.3 is 10.2 Å². The minimum Gasteiger partial charge on any atom is -0.494 e. The number of benzene rings is 1. The maximum atomic E-state index is 10.9. The minimum absolute atomic E-state index is 0.301. The van der Waals surface area contributed by atoms with Gasteiger partial charge in [-0.2, -0.15) is 0 Å². The molecule has 0 saturated heterocycles. The van der Waals surface area contributed by atoms with E-state index in [-0.39, 0.29) is 0 Å². The minimum atomic E-state index is 0.301. The quantitative estimate of drug-likeness (QED) is 0.837. The van der Waals surface area contributed by atoms with Crippen LogP contribution < -0.4 is 0 Å². The van der Waals surface area contributed by atoms with Crippen molar-refractivity contribution in [3.8, 4) is 17.4 Å². The highest BCUT2D eigenvalue weighted by atomic mass is 16.3. The molecule has 2 fully saturated rings. The van der Waals surface area contributed by atoms with E-state index in [1.54, 1.807) is 4.57 Å². The highest BCUT2D eigenvalue weighted by molar-refractivity contribution is 5.60. The summed E-state index contributed by atoms with van der Waals surface area (Å²) < 4.78 is 1.71. The molecule has 3 nitrogen and oxygen atoms in total. The van der Waals surface area contributed by atoms with Gasteiger partial charge in [-0.1, -0.05) is 6.07 Å². The second kappa shape index (κ2) is 3.95. The molecule has 1 aromatic heterocycles. The van der Waals surface area contributed by atoms with E-state index in [1.807, 2.05) is 0 Å². The molecule has 4 atom stereocenters. The molecule has 0 spiro atoms. The van der Waals surface area contributed by atoms with Crippen molar-refractivity contribution in [2.24, 2.45) is 11.8 Å². The van der Waals surface area contributed by atoms with Crippen molar-refractivity contribution in [2.45, 2.75) is 50.4 Å². The van der Waals surface area contributed by atoms with Gasteiger partial charge in [0.1, 0.15) is 0 Å². The zero-order valence-electron chi connectivity index (χ0n) is 13.1. The summed E-state index contributed by atoms with van der Waals surface area (Å²) in [7, 11) is 0. The summed E-state index contributed by atoms with van der Waals surface area (Å²) in [4.78, 5) is 0. The van der Waals surface area contributed by atoms with Gasteiger partial charge in [-0.25, -0.2) is 0 Å². The zero-order chi connectivity index (χ0) is 15.3. The Morgan fingerprint density at radius 2 is 1.52 bits per heavy atom. The van der Waals surface area contributed by atoms with Crippen molar-refractivity contribution in [3.05, 3.63) is 40.5 Å².